The number of Topliss-reactive ketones (excluding diaryl/α,β-unsaturated/α-hetero) is 3. The molecule has 32 heavy (non-hydrogen) atoms. The van der Waals surface area contributed by atoms with Gasteiger partial charge in [0.05, 0.1) is 5.56 Å². The van der Waals surface area contributed by atoms with Crippen molar-refractivity contribution < 1.29 is 37.0 Å². The Bertz CT molecular complexity index is 987. The number of carbonyl (C=O) groups excluding carboxylic acids is 3. The summed E-state index contributed by atoms with van der Waals surface area (Å²) in [4.78, 5) is 37.3. The zero-order chi connectivity index (χ0) is 23.7. The van der Waals surface area contributed by atoms with Gasteiger partial charge in [-0.25, -0.2) is 0 Å². The number of carbonyl (C=O) groups is 3. The summed E-state index contributed by atoms with van der Waals surface area (Å²) in [6, 6.07) is 10.4. The maximum atomic E-state index is 12.7. The lowest BCUT2D eigenvalue weighted by atomic mass is 9.70. The standard InChI is InChI=1S/C24H23F3O5/c1-14(22(30)21-19(28)12-23(2,3)13-20(21)29)31-16-8-10-18(11-9-16)32-17-6-4-15(5-7-17)24(25,26)27/h4-11,14,21H,12-13H2,1-3H3. The summed E-state index contributed by atoms with van der Waals surface area (Å²) in [6.45, 7) is 5.12. The van der Waals surface area contributed by atoms with Crippen LogP contribution in [0.1, 0.15) is 39.2 Å². The maximum Gasteiger partial charge on any atom is 0.416 e. The average Bonchev–Trinajstić information content (AvgIpc) is 2.67. The van der Waals surface area contributed by atoms with E-state index in [1.165, 1.54) is 43.3 Å². The molecule has 5 nitrogen and oxygen atoms in total. The van der Waals surface area contributed by atoms with Crippen LogP contribution in [0.4, 0.5) is 13.2 Å². The molecule has 0 amide bonds. The van der Waals surface area contributed by atoms with Gasteiger partial charge in [-0.3, -0.25) is 14.4 Å². The third-order valence-corrected chi connectivity index (χ3v) is 5.19. The van der Waals surface area contributed by atoms with Crippen molar-refractivity contribution in [2.24, 2.45) is 11.3 Å². The highest BCUT2D eigenvalue weighted by Crippen LogP contribution is 2.35. The van der Waals surface area contributed by atoms with E-state index in [9.17, 15) is 27.6 Å². The van der Waals surface area contributed by atoms with Gasteiger partial charge in [0, 0.05) is 12.8 Å². The molecule has 1 aliphatic rings. The van der Waals surface area contributed by atoms with Crippen LogP contribution < -0.4 is 9.47 Å². The van der Waals surface area contributed by atoms with E-state index >= 15 is 0 Å². The van der Waals surface area contributed by atoms with Gasteiger partial charge in [0.25, 0.3) is 0 Å². The van der Waals surface area contributed by atoms with E-state index in [-0.39, 0.29) is 30.2 Å². The van der Waals surface area contributed by atoms with Crippen molar-refractivity contribution in [1.82, 2.24) is 0 Å². The second-order valence-corrected chi connectivity index (χ2v) is 8.64. The van der Waals surface area contributed by atoms with Gasteiger partial charge in [0.15, 0.2) is 23.5 Å². The molecule has 1 fully saturated rings. The number of halogens is 3. The van der Waals surface area contributed by atoms with E-state index in [2.05, 4.69) is 0 Å². The average molecular weight is 448 g/mol. The number of ether oxygens (including phenoxy) is 2. The molecular weight excluding hydrogens is 425 g/mol. The minimum atomic E-state index is -4.42. The lowest BCUT2D eigenvalue weighted by molar-refractivity contribution is -0.147. The van der Waals surface area contributed by atoms with Crippen LogP contribution in [-0.2, 0) is 20.6 Å². The molecule has 0 bridgehead atoms. The van der Waals surface area contributed by atoms with Crippen LogP contribution in [-0.4, -0.2) is 23.5 Å². The van der Waals surface area contributed by atoms with Crippen molar-refractivity contribution in [1.29, 1.82) is 0 Å². The molecule has 0 N–H and O–H groups in total. The van der Waals surface area contributed by atoms with Gasteiger partial charge >= 0.3 is 6.18 Å². The Morgan fingerprint density at radius 1 is 0.906 bits per heavy atom. The number of hydrogen-bond donors (Lipinski definition) is 0. The molecule has 3 rings (SSSR count). The van der Waals surface area contributed by atoms with E-state index in [4.69, 9.17) is 9.47 Å². The molecule has 0 saturated heterocycles. The molecule has 1 atom stereocenters. The minimum absolute atomic E-state index is 0.165. The largest absolute Gasteiger partial charge is 0.483 e. The monoisotopic (exact) mass is 448 g/mol. The first-order valence-corrected chi connectivity index (χ1v) is 10.1. The van der Waals surface area contributed by atoms with Crippen LogP contribution in [0.25, 0.3) is 0 Å². The van der Waals surface area contributed by atoms with Crippen molar-refractivity contribution >= 4 is 17.3 Å². The first-order valence-electron chi connectivity index (χ1n) is 10.1. The number of benzene rings is 2. The van der Waals surface area contributed by atoms with Crippen LogP contribution in [0.15, 0.2) is 48.5 Å². The fourth-order valence-electron chi connectivity index (χ4n) is 3.64. The second kappa shape index (κ2) is 8.76. The topological polar surface area (TPSA) is 69.7 Å². The number of ketones is 3. The molecule has 1 aliphatic carbocycles. The summed E-state index contributed by atoms with van der Waals surface area (Å²) >= 11 is 0. The molecule has 0 spiro atoms. The van der Waals surface area contributed by atoms with E-state index in [0.717, 1.165) is 12.1 Å². The van der Waals surface area contributed by atoms with Gasteiger partial charge in [-0.2, -0.15) is 13.2 Å². The first kappa shape index (κ1) is 23.5. The molecule has 1 saturated carbocycles. The third-order valence-electron chi connectivity index (χ3n) is 5.19. The smallest absolute Gasteiger partial charge is 0.416 e. The highest BCUT2D eigenvalue weighted by molar-refractivity contribution is 6.21. The molecule has 2 aromatic carbocycles. The van der Waals surface area contributed by atoms with Crippen molar-refractivity contribution in [2.45, 2.75) is 45.9 Å². The summed E-state index contributed by atoms with van der Waals surface area (Å²) in [5.74, 6) is -1.72. The van der Waals surface area contributed by atoms with Gasteiger partial charge in [-0.15, -0.1) is 0 Å². The summed E-state index contributed by atoms with van der Waals surface area (Å²) in [5.41, 5.74) is -1.22. The normalized spacial score (nSPS) is 17.7. The Morgan fingerprint density at radius 2 is 1.34 bits per heavy atom. The zero-order valence-electron chi connectivity index (χ0n) is 17.9. The fourth-order valence-corrected chi connectivity index (χ4v) is 3.64. The molecule has 0 aliphatic heterocycles. The number of rotatable bonds is 6. The Morgan fingerprint density at radius 3 is 1.81 bits per heavy atom. The highest BCUT2D eigenvalue weighted by Gasteiger charge is 2.45. The third kappa shape index (κ3) is 5.55. The van der Waals surface area contributed by atoms with Crippen LogP contribution in [0.2, 0.25) is 0 Å². The van der Waals surface area contributed by atoms with Crippen molar-refractivity contribution in [3.63, 3.8) is 0 Å². The van der Waals surface area contributed by atoms with Crippen LogP contribution in [0.5, 0.6) is 17.2 Å². The van der Waals surface area contributed by atoms with Gasteiger partial charge in [0.1, 0.15) is 23.2 Å². The maximum absolute atomic E-state index is 12.7. The summed E-state index contributed by atoms with van der Waals surface area (Å²) in [6.07, 6.45) is -5.10. The van der Waals surface area contributed by atoms with Gasteiger partial charge in [0.2, 0.25) is 0 Å². The Hall–Kier alpha value is -3.16. The molecule has 0 heterocycles. The molecule has 0 aromatic heterocycles. The molecule has 2 aromatic rings. The molecule has 170 valence electrons. The zero-order valence-corrected chi connectivity index (χ0v) is 17.9. The van der Waals surface area contributed by atoms with E-state index in [1.54, 1.807) is 0 Å². The second-order valence-electron chi connectivity index (χ2n) is 8.64. The van der Waals surface area contributed by atoms with Gasteiger partial charge in [-0.1, -0.05) is 13.8 Å². The lowest BCUT2D eigenvalue weighted by Gasteiger charge is -2.32. The van der Waals surface area contributed by atoms with Crippen LogP contribution in [0.3, 0.4) is 0 Å². The summed E-state index contributed by atoms with van der Waals surface area (Å²) in [5, 5.41) is 0. The van der Waals surface area contributed by atoms with E-state index in [1.807, 2.05) is 13.8 Å². The SMILES string of the molecule is CC(Oc1ccc(Oc2ccc(C(F)(F)F)cc2)cc1)C(=O)C1C(=O)CC(C)(C)CC1=O. The fraction of sp³-hybridized carbons (Fsp3) is 0.375. The highest BCUT2D eigenvalue weighted by atomic mass is 19.4. The molecule has 1 unspecified atom stereocenters. The van der Waals surface area contributed by atoms with Crippen molar-refractivity contribution in [2.75, 3.05) is 0 Å². The predicted molar refractivity (Wildman–Crippen MR) is 110 cm³/mol. The Balaban J connectivity index is 1.61. The lowest BCUT2D eigenvalue weighted by Crippen LogP contribution is -2.45. The minimum Gasteiger partial charge on any atom is -0.483 e. The van der Waals surface area contributed by atoms with E-state index in [0.29, 0.717) is 11.5 Å². The quantitative estimate of drug-likeness (QED) is 0.553. The van der Waals surface area contributed by atoms with Crippen LogP contribution >= 0.6 is 0 Å². The van der Waals surface area contributed by atoms with E-state index < -0.39 is 35.0 Å². The number of alkyl halides is 3. The Labute approximate surface area is 183 Å². The summed E-state index contributed by atoms with van der Waals surface area (Å²) in [7, 11) is 0. The van der Waals surface area contributed by atoms with Crippen molar-refractivity contribution in [3.8, 4) is 17.2 Å². The van der Waals surface area contributed by atoms with Gasteiger partial charge < -0.3 is 9.47 Å². The molecule has 8 heteroatoms. The van der Waals surface area contributed by atoms with Crippen molar-refractivity contribution in [3.05, 3.63) is 54.1 Å². The Kier molecular flexibility index (Phi) is 6.44. The number of hydrogen-bond acceptors (Lipinski definition) is 5. The van der Waals surface area contributed by atoms with Gasteiger partial charge in [-0.05, 0) is 60.9 Å². The summed E-state index contributed by atoms with van der Waals surface area (Å²) < 4.78 is 49.0. The van der Waals surface area contributed by atoms with Crippen LogP contribution in [0, 0.1) is 11.3 Å². The predicted octanol–water partition coefficient (Wildman–Crippen LogP) is 5.41. The molecular formula is C24H23F3O5. The molecule has 0 radical (unpaired) electrons. The first-order chi connectivity index (χ1) is 14.9.